The number of carbonyl (C=O) groups is 1. The summed E-state index contributed by atoms with van der Waals surface area (Å²) < 4.78 is 31.8. The highest BCUT2D eigenvalue weighted by atomic mass is 32.2. The smallest absolute Gasteiger partial charge is 0.178 e. The van der Waals surface area contributed by atoms with Gasteiger partial charge in [0.05, 0.1) is 17.8 Å². The highest BCUT2D eigenvalue weighted by molar-refractivity contribution is 7.91. The molecule has 0 fully saturated rings. The Bertz CT molecular complexity index is 859. The quantitative estimate of drug-likeness (QED) is 0.511. The fourth-order valence-corrected chi connectivity index (χ4v) is 5.42. The van der Waals surface area contributed by atoms with Crippen LogP contribution in [0.3, 0.4) is 0 Å². The number of rotatable bonds is 11. The first-order valence-electron chi connectivity index (χ1n) is 9.82. The Morgan fingerprint density at radius 1 is 1.04 bits per heavy atom. The number of benzene rings is 2. The van der Waals surface area contributed by atoms with E-state index in [1.165, 1.54) is 0 Å². The van der Waals surface area contributed by atoms with E-state index >= 15 is 0 Å². The SMILES string of the molecule is CCC(C=O)CC(CC)CS(=O)(=O)c1ccc(OC)cc1Cc1ccccc1. The lowest BCUT2D eigenvalue weighted by Gasteiger charge is -2.19. The predicted molar refractivity (Wildman–Crippen MR) is 113 cm³/mol. The summed E-state index contributed by atoms with van der Waals surface area (Å²) in [5.74, 6) is 0.581. The van der Waals surface area contributed by atoms with E-state index in [4.69, 9.17) is 4.74 Å². The van der Waals surface area contributed by atoms with Crippen LogP contribution in [-0.2, 0) is 21.1 Å². The number of ether oxygens (including phenoxy) is 1. The second kappa shape index (κ2) is 10.4. The Hall–Kier alpha value is -2.14. The highest BCUT2D eigenvalue weighted by Crippen LogP contribution is 2.28. The van der Waals surface area contributed by atoms with Crippen molar-refractivity contribution in [1.82, 2.24) is 0 Å². The maximum atomic E-state index is 13.2. The zero-order chi connectivity index (χ0) is 20.6. The molecule has 0 aliphatic rings. The lowest BCUT2D eigenvalue weighted by molar-refractivity contribution is -0.111. The molecule has 2 aromatic carbocycles. The van der Waals surface area contributed by atoms with E-state index in [0.717, 1.165) is 30.3 Å². The van der Waals surface area contributed by atoms with Gasteiger partial charge in [0.15, 0.2) is 9.84 Å². The molecule has 4 nitrogen and oxygen atoms in total. The fourth-order valence-electron chi connectivity index (χ4n) is 3.44. The number of carbonyl (C=O) groups excluding carboxylic acids is 1. The van der Waals surface area contributed by atoms with Crippen molar-refractivity contribution in [2.45, 2.75) is 44.4 Å². The molecular formula is C23H30O4S. The molecule has 0 N–H and O–H groups in total. The summed E-state index contributed by atoms with van der Waals surface area (Å²) >= 11 is 0. The van der Waals surface area contributed by atoms with Crippen molar-refractivity contribution in [3.8, 4) is 5.75 Å². The lowest BCUT2D eigenvalue weighted by atomic mass is 9.93. The number of hydrogen-bond donors (Lipinski definition) is 0. The summed E-state index contributed by atoms with van der Waals surface area (Å²) in [5.41, 5.74) is 1.79. The van der Waals surface area contributed by atoms with Crippen LogP contribution >= 0.6 is 0 Å². The molecule has 0 saturated carbocycles. The van der Waals surface area contributed by atoms with Crippen LogP contribution in [0.25, 0.3) is 0 Å². The molecule has 0 aliphatic carbocycles. The van der Waals surface area contributed by atoms with Crippen LogP contribution < -0.4 is 4.74 Å². The fraction of sp³-hybridized carbons (Fsp3) is 0.435. The molecule has 0 spiro atoms. The van der Waals surface area contributed by atoms with E-state index < -0.39 is 9.84 Å². The molecule has 0 saturated heterocycles. The lowest BCUT2D eigenvalue weighted by Crippen LogP contribution is -2.20. The van der Waals surface area contributed by atoms with E-state index in [9.17, 15) is 13.2 Å². The van der Waals surface area contributed by atoms with Crippen molar-refractivity contribution in [2.75, 3.05) is 12.9 Å². The molecule has 0 bridgehead atoms. The molecule has 2 atom stereocenters. The molecule has 0 aliphatic heterocycles. The largest absolute Gasteiger partial charge is 0.497 e. The third-order valence-corrected chi connectivity index (χ3v) is 7.20. The molecule has 2 aromatic rings. The number of hydrogen-bond acceptors (Lipinski definition) is 4. The average Bonchev–Trinajstić information content (AvgIpc) is 2.71. The van der Waals surface area contributed by atoms with Gasteiger partial charge in [0.25, 0.3) is 0 Å². The Morgan fingerprint density at radius 2 is 1.75 bits per heavy atom. The molecule has 152 valence electrons. The van der Waals surface area contributed by atoms with Crippen molar-refractivity contribution in [3.05, 3.63) is 59.7 Å². The third kappa shape index (κ3) is 5.93. The van der Waals surface area contributed by atoms with Crippen LogP contribution in [0.4, 0.5) is 0 Å². The summed E-state index contributed by atoms with van der Waals surface area (Å²) in [6.45, 7) is 3.94. The van der Waals surface area contributed by atoms with Crippen molar-refractivity contribution in [3.63, 3.8) is 0 Å². The molecule has 28 heavy (non-hydrogen) atoms. The summed E-state index contributed by atoms with van der Waals surface area (Å²) in [6, 6.07) is 15.0. The average molecular weight is 403 g/mol. The topological polar surface area (TPSA) is 60.4 Å². The number of methoxy groups -OCH3 is 1. The second-order valence-electron chi connectivity index (χ2n) is 7.23. The summed E-state index contributed by atoms with van der Waals surface area (Å²) in [7, 11) is -1.90. The normalized spacial score (nSPS) is 13.7. The van der Waals surface area contributed by atoms with Gasteiger partial charge in [0, 0.05) is 5.92 Å². The third-order valence-electron chi connectivity index (χ3n) is 5.23. The van der Waals surface area contributed by atoms with E-state index in [2.05, 4.69) is 0 Å². The maximum absolute atomic E-state index is 13.2. The summed E-state index contributed by atoms with van der Waals surface area (Å²) in [4.78, 5) is 11.5. The van der Waals surface area contributed by atoms with Gasteiger partial charge in [0.1, 0.15) is 12.0 Å². The van der Waals surface area contributed by atoms with E-state index in [1.54, 1.807) is 25.3 Å². The highest BCUT2D eigenvalue weighted by Gasteiger charge is 2.25. The van der Waals surface area contributed by atoms with Crippen LogP contribution in [0.5, 0.6) is 5.75 Å². The zero-order valence-electron chi connectivity index (χ0n) is 16.9. The van der Waals surface area contributed by atoms with Gasteiger partial charge in [-0.15, -0.1) is 0 Å². The van der Waals surface area contributed by atoms with Gasteiger partial charge in [-0.2, -0.15) is 0 Å². The Balaban J connectivity index is 2.34. The van der Waals surface area contributed by atoms with Gasteiger partial charge < -0.3 is 9.53 Å². The number of aldehydes is 1. The predicted octanol–water partition coefficient (Wildman–Crippen LogP) is 4.70. The minimum atomic E-state index is -3.48. The molecule has 0 radical (unpaired) electrons. The zero-order valence-corrected chi connectivity index (χ0v) is 17.7. The first kappa shape index (κ1) is 22.2. The van der Waals surface area contributed by atoms with Gasteiger partial charge in [-0.25, -0.2) is 8.42 Å². The van der Waals surface area contributed by atoms with Crippen LogP contribution in [0.15, 0.2) is 53.4 Å². The second-order valence-corrected chi connectivity index (χ2v) is 9.23. The molecular weight excluding hydrogens is 372 g/mol. The Kier molecular flexibility index (Phi) is 8.24. The van der Waals surface area contributed by atoms with Gasteiger partial charge in [-0.1, -0.05) is 50.6 Å². The van der Waals surface area contributed by atoms with Crippen molar-refractivity contribution < 1.29 is 17.9 Å². The standard InChI is InChI=1S/C23H30O4S/c1-4-18(16-24)13-19(5-2)17-28(25,26)23-12-11-22(27-3)15-21(23)14-20-9-7-6-8-10-20/h6-12,15-16,18-19H,4-5,13-14,17H2,1-3H3. The van der Waals surface area contributed by atoms with Crippen LogP contribution in [-0.4, -0.2) is 27.6 Å². The van der Waals surface area contributed by atoms with Gasteiger partial charge >= 0.3 is 0 Å². The van der Waals surface area contributed by atoms with E-state index in [-0.39, 0.29) is 17.6 Å². The molecule has 0 aromatic heterocycles. The summed E-state index contributed by atoms with van der Waals surface area (Å²) in [6.07, 6.45) is 3.55. The minimum Gasteiger partial charge on any atom is -0.497 e. The Labute approximate surface area is 168 Å². The van der Waals surface area contributed by atoms with Crippen molar-refractivity contribution >= 4 is 16.1 Å². The molecule has 2 unspecified atom stereocenters. The number of sulfone groups is 1. The first-order valence-corrected chi connectivity index (χ1v) is 11.5. The maximum Gasteiger partial charge on any atom is 0.178 e. The van der Waals surface area contributed by atoms with Gasteiger partial charge in [-0.05, 0) is 54.5 Å². The minimum absolute atomic E-state index is 0.0353. The summed E-state index contributed by atoms with van der Waals surface area (Å²) in [5, 5.41) is 0. The van der Waals surface area contributed by atoms with Crippen LogP contribution in [0.1, 0.15) is 44.2 Å². The first-order chi connectivity index (χ1) is 13.4. The van der Waals surface area contributed by atoms with Crippen molar-refractivity contribution in [1.29, 1.82) is 0 Å². The van der Waals surface area contributed by atoms with Gasteiger partial charge in [0.2, 0.25) is 0 Å². The molecule has 0 amide bonds. The van der Waals surface area contributed by atoms with Crippen LogP contribution in [0, 0.1) is 11.8 Å². The monoisotopic (exact) mass is 402 g/mol. The van der Waals surface area contributed by atoms with Crippen LogP contribution in [0.2, 0.25) is 0 Å². The molecule has 2 rings (SSSR count). The molecule has 5 heteroatoms. The van der Waals surface area contributed by atoms with E-state index in [1.807, 2.05) is 44.2 Å². The molecule has 0 heterocycles. The van der Waals surface area contributed by atoms with E-state index in [0.29, 0.717) is 23.5 Å². The Morgan fingerprint density at radius 3 is 2.32 bits per heavy atom. The van der Waals surface area contributed by atoms with Crippen molar-refractivity contribution in [2.24, 2.45) is 11.8 Å². The van der Waals surface area contributed by atoms with Gasteiger partial charge in [-0.3, -0.25) is 0 Å².